The molecule has 26 heavy (non-hydrogen) atoms. The lowest BCUT2D eigenvalue weighted by atomic mass is 10.3. The van der Waals surface area contributed by atoms with Crippen molar-refractivity contribution in [3.8, 4) is 0 Å². The van der Waals surface area contributed by atoms with Crippen LogP contribution in [0.4, 0.5) is 17.2 Å². The van der Waals surface area contributed by atoms with Crippen molar-refractivity contribution < 1.29 is 9.53 Å². The lowest BCUT2D eigenvalue weighted by Crippen LogP contribution is -2.07. The van der Waals surface area contributed by atoms with Crippen LogP contribution in [0.25, 0.3) is 5.65 Å². The average Bonchev–Trinajstić information content (AvgIpc) is 2.97. The van der Waals surface area contributed by atoms with E-state index in [4.69, 9.17) is 4.74 Å². The van der Waals surface area contributed by atoms with Crippen molar-refractivity contribution in [1.82, 2.24) is 9.38 Å². The molecular weight excluding hydrogens is 330 g/mol. The van der Waals surface area contributed by atoms with Gasteiger partial charge in [0.25, 0.3) is 0 Å². The minimum absolute atomic E-state index is 0.0590. The Morgan fingerprint density at radius 3 is 2.62 bits per heavy atom. The Balaban J connectivity index is 1.93. The van der Waals surface area contributed by atoms with Gasteiger partial charge in [-0.1, -0.05) is 6.07 Å². The third-order valence-electron chi connectivity index (χ3n) is 3.82. The second-order valence-corrected chi connectivity index (χ2v) is 5.90. The summed E-state index contributed by atoms with van der Waals surface area (Å²) in [6, 6.07) is 13.4. The molecule has 0 bridgehead atoms. The summed E-state index contributed by atoms with van der Waals surface area (Å²) >= 11 is 0. The third-order valence-corrected chi connectivity index (χ3v) is 3.82. The molecule has 0 spiro atoms. The predicted molar refractivity (Wildman–Crippen MR) is 100 cm³/mol. The first-order valence-corrected chi connectivity index (χ1v) is 8.39. The maximum absolute atomic E-state index is 11.9. The second-order valence-electron chi connectivity index (χ2n) is 5.90. The second kappa shape index (κ2) is 7.77. The minimum Gasteiger partial charge on any atom is -0.466 e. The predicted octanol–water partition coefficient (Wildman–Crippen LogP) is 3.92. The fourth-order valence-corrected chi connectivity index (χ4v) is 2.53. The van der Waals surface area contributed by atoms with Gasteiger partial charge in [-0.25, -0.2) is 4.98 Å². The van der Waals surface area contributed by atoms with Crippen LogP contribution in [-0.4, -0.2) is 36.1 Å². The van der Waals surface area contributed by atoms with Gasteiger partial charge in [-0.3, -0.25) is 9.20 Å². The van der Waals surface area contributed by atoms with Crippen LogP contribution in [0.15, 0.2) is 58.9 Å². The minimum atomic E-state index is -0.331. The lowest BCUT2D eigenvalue weighted by Gasteiger charge is -2.11. The fourth-order valence-electron chi connectivity index (χ4n) is 2.53. The topological polar surface area (TPSA) is 71.6 Å². The number of benzene rings is 1. The Kier molecular flexibility index (Phi) is 5.26. The summed E-state index contributed by atoms with van der Waals surface area (Å²) in [6.07, 6.45) is 1.91. The number of fused-ring (bicyclic) bond motifs is 1. The molecule has 3 rings (SSSR count). The highest BCUT2D eigenvalue weighted by molar-refractivity contribution is 5.74. The smallest absolute Gasteiger partial charge is 0.312 e. The first-order chi connectivity index (χ1) is 12.6. The van der Waals surface area contributed by atoms with Gasteiger partial charge in [0.05, 0.1) is 24.4 Å². The highest BCUT2D eigenvalue weighted by Crippen LogP contribution is 2.25. The monoisotopic (exact) mass is 351 g/mol. The number of nitrogens with zero attached hydrogens (tertiary/aromatic N) is 5. The van der Waals surface area contributed by atoms with E-state index in [-0.39, 0.29) is 12.4 Å². The van der Waals surface area contributed by atoms with E-state index < -0.39 is 0 Å². The van der Waals surface area contributed by atoms with E-state index in [9.17, 15) is 4.79 Å². The molecule has 3 aromatic rings. The van der Waals surface area contributed by atoms with Crippen molar-refractivity contribution in [1.29, 1.82) is 0 Å². The van der Waals surface area contributed by atoms with Gasteiger partial charge in [-0.2, -0.15) is 0 Å². The van der Waals surface area contributed by atoms with Gasteiger partial charge in [-0.05, 0) is 43.3 Å². The zero-order valence-electron chi connectivity index (χ0n) is 15.1. The van der Waals surface area contributed by atoms with E-state index in [1.807, 2.05) is 72.1 Å². The molecule has 2 aromatic heterocycles. The molecule has 2 heterocycles. The SMILES string of the molecule is CCOC(=O)Cc1nc2ccccn2c1N=Nc1ccc(N(C)C)cc1. The molecule has 0 amide bonds. The number of esters is 1. The Morgan fingerprint density at radius 1 is 1.15 bits per heavy atom. The van der Waals surface area contributed by atoms with E-state index in [1.165, 1.54) is 0 Å². The highest BCUT2D eigenvalue weighted by Gasteiger charge is 2.16. The summed E-state index contributed by atoms with van der Waals surface area (Å²) < 4.78 is 6.84. The molecular formula is C19H21N5O2. The Labute approximate surface area is 151 Å². The number of imidazole rings is 1. The third kappa shape index (κ3) is 3.88. The largest absolute Gasteiger partial charge is 0.466 e. The van der Waals surface area contributed by atoms with Gasteiger partial charge in [0, 0.05) is 26.0 Å². The van der Waals surface area contributed by atoms with Crippen molar-refractivity contribution in [2.24, 2.45) is 10.2 Å². The summed E-state index contributed by atoms with van der Waals surface area (Å²) in [5, 5.41) is 8.66. The van der Waals surface area contributed by atoms with Crippen LogP contribution < -0.4 is 4.90 Å². The van der Waals surface area contributed by atoms with Gasteiger partial charge in [0.15, 0.2) is 5.82 Å². The zero-order valence-corrected chi connectivity index (χ0v) is 15.1. The molecule has 0 radical (unpaired) electrons. The molecule has 0 saturated carbocycles. The number of carbonyl (C=O) groups excluding carboxylic acids is 1. The van der Waals surface area contributed by atoms with E-state index >= 15 is 0 Å². The maximum Gasteiger partial charge on any atom is 0.312 e. The highest BCUT2D eigenvalue weighted by atomic mass is 16.5. The molecule has 7 nitrogen and oxygen atoms in total. The van der Waals surface area contributed by atoms with Crippen molar-refractivity contribution >= 4 is 28.8 Å². The number of pyridine rings is 1. The van der Waals surface area contributed by atoms with Crippen LogP contribution >= 0.6 is 0 Å². The summed E-state index contributed by atoms with van der Waals surface area (Å²) in [7, 11) is 3.97. The number of hydrogen-bond acceptors (Lipinski definition) is 6. The van der Waals surface area contributed by atoms with Crippen molar-refractivity contribution in [2.45, 2.75) is 13.3 Å². The molecule has 0 aliphatic carbocycles. The van der Waals surface area contributed by atoms with Crippen LogP contribution in [-0.2, 0) is 16.0 Å². The molecule has 0 N–H and O–H groups in total. The first-order valence-electron chi connectivity index (χ1n) is 8.39. The number of rotatable bonds is 6. The van der Waals surface area contributed by atoms with Crippen LogP contribution in [0.1, 0.15) is 12.6 Å². The quantitative estimate of drug-likeness (QED) is 0.498. The summed E-state index contributed by atoms with van der Waals surface area (Å²) in [5.41, 5.74) is 3.07. The standard InChI is InChI=1S/C19H21N5O2/c1-4-26-18(25)13-16-19(24-12-6-5-7-17(24)20-16)22-21-14-8-10-15(11-9-14)23(2)3/h5-12H,4,13H2,1-3H3. The Morgan fingerprint density at radius 2 is 1.92 bits per heavy atom. The summed E-state index contributed by atoms with van der Waals surface area (Å²) in [6.45, 7) is 2.11. The molecule has 0 aliphatic heterocycles. The molecule has 0 unspecified atom stereocenters. The normalized spacial score (nSPS) is 11.2. The van der Waals surface area contributed by atoms with Gasteiger partial charge >= 0.3 is 5.97 Å². The molecule has 0 saturated heterocycles. The summed E-state index contributed by atoms with van der Waals surface area (Å²) in [4.78, 5) is 18.4. The van der Waals surface area contributed by atoms with Crippen LogP contribution in [0.2, 0.25) is 0 Å². The molecule has 134 valence electrons. The van der Waals surface area contributed by atoms with E-state index in [1.54, 1.807) is 6.92 Å². The van der Waals surface area contributed by atoms with Gasteiger partial charge in [-0.15, -0.1) is 10.2 Å². The lowest BCUT2D eigenvalue weighted by molar-refractivity contribution is -0.142. The molecule has 1 aromatic carbocycles. The van der Waals surface area contributed by atoms with Gasteiger partial charge in [0.2, 0.25) is 0 Å². The zero-order chi connectivity index (χ0) is 18.5. The first kappa shape index (κ1) is 17.6. The number of ether oxygens (including phenoxy) is 1. The summed E-state index contributed by atoms with van der Waals surface area (Å²) in [5.74, 6) is 0.202. The van der Waals surface area contributed by atoms with Crippen LogP contribution in [0.3, 0.4) is 0 Å². The maximum atomic E-state index is 11.9. The van der Waals surface area contributed by atoms with Gasteiger partial charge in [0.1, 0.15) is 5.65 Å². The Bertz CT molecular complexity index is 929. The molecule has 0 atom stereocenters. The van der Waals surface area contributed by atoms with Crippen molar-refractivity contribution in [3.63, 3.8) is 0 Å². The average molecular weight is 351 g/mol. The number of hydrogen-bond donors (Lipinski definition) is 0. The number of carbonyl (C=O) groups is 1. The van der Waals surface area contributed by atoms with E-state index in [0.717, 1.165) is 11.4 Å². The van der Waals surface area contributed by atoms with Crippen LogP contribution in [0, 0.1) is 0 Å². The molecule has 7 heteroatoms. The molecule has 0 aliphatic rings. The van der Waals surface area contributed by atoms with Gasteiger partial charge < -0.3 is 9.64 Å². The molecule has 0 fully saturated rings. The number of azo groups is 1. The van der Waals surface area contributed by atoms with E-state index in [0.29, 0.717) is 23.8 Å². The Hall–Kier alpha value is -3.22. The van der Waals surface area contributed by atoms with Crippen LogP contribution in [0.5, 0.6) is 0 Å². The van der Waals surface area contributed by atoms with Crippen molar-refractivity contribution in [3.05, 3.63) is 54.4 Å². The fraction of sp³-hybridized carbons (Fsp3) is 0.263. The van der Waals surface area contributed by atoms with Crippen molar-refractivity contribution in [2.75, 3.05) is 25.6 Å². The number of aromatic nitrogens is 2. The number of anilines is 1. The van der Waals surface area contributed by atoms with E-state index in [2.05, 4.69) is 15.2 Å².